The van der Waals surface area contributed by atoms with Gasteiger partial charge < -0.3 is 15.4 Å². The lowest BCUT2D eigenvalue weighted by Crippen LogP contribution is -2.34. The van der Waals surface area contributed by atoms with Crippen molar-refractivity contribution < 1.29 is 14.3 Å². The maximum Gasteiger partial charge on any atom is 0.257 e. The Morgan fingerprint density at radius 2 is 1.21 bits per heavy atom. The molecule has 0 aliphatic carbocycles. The first-order valence-electron chi connectivity index (χ1n) is 12.4. The van der Waals surface area contributed by atoms with Crippen LogP contribution in [0.5, 0.6) is 5.75 Å². The van der Waals surface area contributed by atoms with Gasteiger partial charge in [-0.15, -0.1) is 0 Å². The number of anilines is 2. The summed E-state index contributed by atoms with van der Waals surface area (Å²) in [6, 6.07) is 34.1. The summed E-state index contributed by atoms with van der Waals surface area (Å²) in [6.07, 6.45) is 1.90. The molecule has 0 saturated heterocycles. The summed E-state index contributed by atoms with van der Waals surface area (Å²) < 4.78 is 5.78. The Morgan fingerprint density at radius 3 is 1.82 bits per heavy atom. The molecule has 0 heterocycles. The number of ether oxygens (including phenoxy) is 1. The van der Waals surface area contributed by atoms with Crippen LogP contribution in [0.2, 0.25) is 0 Å². The number of hydrogen-bond acceptors (Lipinski definition) is 4. The first-order chi connectivity index (χ1) is 18.5. The zero-order chi connectivity index (χ0) is 26.6. The zero-order valence-corrected chi connectivity index (χ0v) is 21.7. The molecule has 38 heavy (non-hydrogen) atoms. The van der Waals surface area contributed by atoms with Crippen molar-refractivity contribution in [3.63, 3.8) is 0 Å². The minimum Gasteiger partial charge on any atom is -0.493 e. The van der Waals surface area contributed by atoms with Crippen molar-refractivity contribution in [3.8, 4) is 5.75 Å². The number of carbonyl (C=O) groups is 2. The highest BCUT2D eigenvalue weighted by atomic mass is 32.1. The molecule has 0 aromatic heterocycles. The van der Waals surface area contributed by atoms with E-state index in [-0.39, 0.29) is 16.9 Å². The minimum absolute atomic E-state index is 0.0510. The van der Waals surface area contributed by atoms with Crippen molar-refractivity contribution in [1.29, 1.82) is 0 Å². The third-order valence-corrected chi connectivity index (χ3v) is 5.96. The molecule has 0 radical (unpaired) electrons. The number of aryl methyl sites for hydroxylation is 1. The fourth-order valence-corrected chi connectivity index (χ4v) is 3.95. The Kier molecular flexibility index (Phi) is 9.59. The van der Waals surface area contributed by atoms with Crippen molar-refractivity contribution in [1.82, 2.24) is 5.32 Å². The maximum atomic E-state index is 12.6. The van der Waals surface area contributed by atoms with Crippen LogP contribution in [-0.2, 0) is 17.6 Å². The molecule has 2 amide bonds. The predicted molar refractivity (Wildman–Crippen MR) is 156 cm³/mol. The van der Waals surface area contributed by atoms with E-state index in [4.69, 9.17) is 17.0 Å². The Morgan fingerprint density at radius 1 is 0.658 bits per heavy atom. The van der Waals surface area contributed by atoms with Gasteiger partial charge in [-0.1, -0.05) is 60.7 Å². The van der Waals surface area contributed by atoms with Crippen LogP contribution in [0.3, 0.4) is 0 Å². The van der Waals surface area contributed by atoms with Crippen LogP contribution < -0.4 is 20.7 Å². The van der Waals surface area contributed by atoms with Gasteiger partial charge in [0.15, 0.2) is 5.11 Å². The third kappa shape index (κ3) is 8.57. The number of amides is 2. The SMILES string of the molecule is O=C(CCc1ccccc1)Nc1ccc(NC(=S)NC(=O)c2ccc(OCCc3ccccc3)cc2)cc1. The predicted octanol–water partition coefficient (Wildman–Crippen LogP) is 6.01. The number of carbonyl (C=O) groups excluding carboxylic acids is 2. The smallest absolute Gasteiger partial charge is 0.257 e. The van der Waals surface area contributed by atoms with Crippen LogP contribution >= 0.6 is 12.2 Å². The van der Waals surface area contributed by atoms with E-state index >= 15 is 0 Å². The number of nitrogens with one attached hydrogen (secondary N) is 3. The number of hydrogen-bond donors (Lipinski definition) is 3. The quantitative estimate of drug-likeness (QED) is 0.222. The molecule has 0 atom stereocenters. The Balaban J connectivity index is 1.18. The second-order valence-corrected chi connectivity index (χ2v) is 9.04. The van der Waals surface area contributed by atoms with Gasteiger partial charge in [-0.3, -0.25) is 14.9 Å². The topological polar surface area (TPSA) is 79.5 Å². The molecule has 6 nitrogen and oxygen atoms in total. The Bertz CT molecular complexity index is 1340. The monoisotopic (exact) mass is 523 g/mol. The fraction of sp³-hybridized carbons (Fsp3) is 0.129. The molecule has 0 bridgehead atoms. The molecule has 0 fully saturated rings. The van der Waals surface area contributed by atoms with Crippen molar-refractivity contribution in [2.24, 2.45) is 0 Å². The molecule has 4 aromatic carbocycles. The third-order valence-electron chi connectivity index (χ3n) is 5.76. The largest absolute Gasteiger partial charge is 0.493 e. The lowest BCUT2D eigenvalue weighted by atomic mass is 10.1. The highest BCUT2D eigenvalue weighted by Gasteiger charge is 2.09. The summed E-state index contributed by atoms with van der Waals surface area (Å²) >= 11 is 5.29. The van der Waals surface area contributed by atoms with E-state index in [1.54, 1.807) is 48.5 Å². The molecule has 0 spiro atoms. The molecule has 7 heteroatoms. The number of rotatable bonds is 10. The molecule has 4 aromatic rings. The first-order valence-corrected chi connectivity index (χ1v) is 12.8. The lowest BCUT2D eigenvalue weighted by molar-refractivity contribution is -0.116. The van der Waals surface area contributed by atoms with Gasteiger partial charge in [-0.05, 0) is 78.3 Å². The van der Waals surface area contributed by atoms with E-state index in [1.807, 2.05) is 48.5 Å². The summed E-state index contributed by atoms with van der Waals surface area (Å²) in [4.78, 5) is 24.8. The van der Waals surface area contributed by atoms with E-state index in [0.717, 1.165) is 12.0 Å². The highest BCUT2D eigenvalue weighted by molar-refractivity contribution is 7.80. The van der Waals surface area contributed by atoms with Crippen molar-refractivity contribution in [2.45, 2.75) is 19.3 Å². The van der Waals surface area contributed by atoms with E-state index in [0.29, 0.717) is 42.1 Å². The average Bonchev–Trinajstić information content (AvgIpc) is 2.94. The van der Waals surface area contributed by atoms with Crippen molar-refractivity contribution in [2.75, 3.05) is 17.2 Å². The zero-order valence-electron chi connectivity index (χ0n) is 20.9. The van der Waals surface area contributed by atoms with Crippen LogP contribution in [-0.4, -0.2) is 23.5 Å². The van der Waals surface area contributed by atoms with E-state index < -0.39 is 0 Å². The van der Waals surface area contributed by atoms with Crippen LogP contribution in [0, 0.1) is 0 Å². The van der Waals surface area contributed by atoms with Crippen LogP contribution in [0.4, 0.5) is 11.4 Å². The van der Waals surface area contributed by atoms with Crippen LogP contribution in [0.15, 0.2) is 109 Å². The molecule has 0 unspecified atom stereocenters. The van der Waals surface area contributed by atoms with Crippen molar-refractivity contribution >= 4 is 40.5 Å². The number of thiocarbonyl (C=S) groups is 1. The van der Waals surface area contributed by atoms with Gasteiger partial charge in [-0.25, -0.2) is 0 Å². The van der Waals surface area contributed by atoms with Crippen LogP contribution in [0.25, 0.3) is 0 Å². The molecular weight excluding hydrogens is 494 g/mol. The highest BCUT2D eigenvalue weighted by Crippen LogP contribution is 2.15. The standard InChI is InChI=1S/C31H29N3O3S/c35-29(20-11-23-7-3-1-4-8-23)32-26-14-16-27(17-15-26)33-31(38)34-30(36)25-12-18-28(19-13-25)37-22-21-24-9-5-2-6-10-24/h1-10,12-19H,11,20-22H2,(H,32,35)(H2,33,34,36,38). The molecule has 3 N–H and O–H groups in total. The van der Waals surface area contributed by atoms with Gasteiger partial charge in [0.1, 0.15) is 5.75 Å². The summed E-state index contributed by atoms with van der Waals surface area (Å²) in [5.41, 5.74) is 4.19. The average molecular weight is 524 g/mol. The van der Waals surface area contributed by atoms with Gasteiger partial charge in [0.2, 0.25) is 5.91 Å². The van der Waals surface area contributed by atoms with Gasteiger partial charge in [-0.2, -0.15) is 0 Å². The second kappa shape index (κ2) is 13.7. The molecule has 0 saturated carbocycles. The van der Waals surface area contributed by atoms with E-state index in [9.17, 15) is 9.59 Å². The summed E-state index contributed by atoms with van der Waals surface area (Å²) in [5.74, 6) is 0.330. The summed E-state index contributed by atoms with van der Waals surface area (Å²) in [5, 5.41) is 8.74. The van der Waals surface area contributed by atoms with Gasteiger partial charge in [0.25, 0.3) is 5.91 Å². The van der Waals surface area contributed by atoms with E-state index in [2.05, 4.69) is 28.1 Å². The second-order valence-electron chi connectivity index (χ2n) is 8.63. The Hall–Kier alpha value is -4.49. The lowest BCUT2D eigenvalue weighted by Gasteiger charge is -2.11. The van der Waals surface area contributed by atoms with E-state index in [1.165, 1.54) is 5.56 Å². The minimum atomic E-state index is -0.319. The fourth-order valence-electron chi connectivity index (χ4n) is 3.73. The van der Waals surface area contributed by atoms with Gasteiger partial charge in [0, 0.05) is 29.8 Å². The summed E-state index contributed by atoms with van der Waals surface area (Å²) in [7, 11) is 0. The molecule has 0 aliphatic rings. The molecule has 0 aliphatic heterocycles. The van der Waals surface area contributed by atoms with Crippen LogP contribution in [0.1, 0.15) is 27.9 Å². The summed E-state index contributed by atoms with van der Waals surface area (Å²) in [6.45, 7) is 0.555. The molecule has 192 valence electrons. The van der Waals surface area contributed by atoms with Crippen molar-refractivity contribution in [3.05, 3.63) is 126 Å². The first kappa shape index (κ1) is 26.6. The normalized spacial score (nSPS) is 10.3. The maximum absolute atomic E-state index is 12.6. The number of benzene rings is 4. The van der Waals surface area contributed by atoms with Gasteiger partial charge >= 0.3 is 0 Å². The Labute approximate surface area is 228 Å². The molecular formula is C31H29N3O3S. The van der Waals surface area contributed by atoms with Gasteiger partial charge in [0.05, 0.1) is 6.61 Å². The molecule has 4 rings (SSSR count).